The number of benzene rings is 2. The third-order valence-corrected chi connectivity index (χ3v) is 6.16. The van der Waals surface area contributed by atoms with Crippen molar-refractivity contribution in [3.8, 4) is 28.7 Å². The number of methoxy groups -OCH3 is 2. The van der Waals surface area contributed by atoms with E-state index in [0.29, 0.717) is 5.56 Å². The van der Waals surface area contributed by atoms with Crippen molar-refractivity contribution in [1.82, 2.24) is 0 Å². The summed E-state index contributed by atoms with van der Waals surface area (Å²) in [5.41, 5.74) is 0.319. The molecule has 2 heterocycles. The number of aromatic hydroxyl groups is 2. The first-order valence-electron chi connectivity index (χ1n) is 10.8. The second-order valence-corrected chi connectivity index (χ2v) is 8.27. The Hall–Kier alpha value is -2.84. The van der Waals surface area contributed by atoms with Crippen LogP contribution in [0.1, 0.15) is 23.3 Å². The van der Waals surface area contributed by atoms with E-state index in [1.807, 2.05) is 0 Å². The highest BCUT2D eigenvalue weighted by Crippen LogP contribution is 2.49. The molecule has 2 aromatic carbocycles. The van der Waals surface area contributed by atoms with Crippen LogP contribution < -0.4 is 14.2 Å². The van der Waals surface area contributed by atoms with Crippen molar-refractivity contribution in [1.29, 1.82) is 0 Å². The summed E-state index contributed by atoms with van der Waals surface area (Å²) in [7, 11) is 2.77. The number of ether oxygens (including phenoxy) is 5. The molecule has 0 radical (unpaired) electrons. The maximum Gasteiger partial charge on any atom is 0.187 e. The first kappa shape index (κ1) is 25.3. The van der Waals surface area contributed by atoms with Crippen molar-refractivity contribution in [2.75, 3.05) is 20.8 Å². The van der Waals surface area contributed by atoms with E-state index in [4.69, 9.17) is 23.7 Å². The fourth-order valence-electron chi connectivity index (χ4n) is 4.26. The predicted octanol–water partition coefficient (Wildman–Crippen LogP) is -0.533. The van der Waals surface area contributed by atoms with Crippen LogP contribution in [-0.2, 0) is 9.47 Å². The van der Waals surface area contributed by atoms with Gasteiger partial charge in [-0.3, -0.25) is 0 Å². The van der Waals surface area contributed by atoms with E-state index in [1.54, 1.807) is 6.07 Å². The molecule has 0 saturated carbocycles. The number of aliphatic hydroxyl groups is 5. The summed E-state index contributed by atoms with van der Waals surface area (Å²) in [6.07, 6.45) is -11.9. The van der Waals surface area contributed by atoms with E-state index in [9.17, 15) is 35.7 Å². The zero-order valence-corrected chi connectivity index (χ0v) is 18.9. The molecule has 0 spiro atoms. The number of rotatable bonds is 6. The lowest BCUT2D eigenvalue weighted by atomic mass is 9.90. The normalized spacial score (nSPS) is 32.4. The number of fused-ring (bicyclic) bond motifs is 1. The Kier molecular flexibility index (Phi) is 7.24. The Balaban J connectivity index is 1.75. The minimum atomic E-state index is -1.74. The van der Waals surface area contributed by atoms with Crippen LogP contribution >= 0.6 is 0 Å². The van der Waals surface area contributed by atoms with Gasteiger partial charge in [-0.25, -0.2) is 0 Å². The van der Waals surface area contributed by atoms with Crippen LogP contribution in [0, 0.1) is 0 Å². The lowest BCUT2D eigenvalue weighted by Gasteiger charge is -2.44. The van der Waals surface area contributed by atoms with Gasteiger partial charge in [-0.15, -0.1) is 0 Å². The Morgan fingerprint density at radius 2 is 1.63 bits per heavy atom. The molecule has 1 fully saturated rings. The number of hydrogen-bond acceptors (Lipinski definition) is 12. The van der Waals surface area contributed by atoms with Crippen molar-refractivity contribution in [3.63, 3.8) is 0 Å². The molecule has 0 bridgehead atoms. The van der Waals surface area contributed by atoms with Crippen molar-refractivity contribution in [2.45, 2.75) is 49.0 Å². The Morgan fingerprint density at radius 1 is 0.886 bits per heavy atom. The molecule has 192 valence electrons. The third kappa shape index (κ3) is 4.57. The van der Waals surface area contributed by atoms with E-state index in [0.717, 1.165) is 0 Å². The molecule has 7 N–H and O–H groups in total. The molecular weight excluding hydrogens is 468 g/mol. The predicted molar refractivity (Wildman–Crippen MR) is 116 cm³/mol. The van der Waals surface area contributed by atoms with Gasteiger partial charge in [0, 0.05) is 12.1 Å². The van der Waals surface area contributed by atoms with E-state index in [-0.39, 0.29) is 34.3 Å². The van der Waals surface area contributed by atoms with Crippen LogP contribution in [0.2, 0.25) is 0 Å². The average Bonchev–Trinajstić information content (AvgIpc) is 2.85. The highest BCUT2D eigenvalue weighted by Gasteiger charge is 2.49. The highest BCUT2D eigenvalue weighted by molar-refractivity contribution is 5.53. The molecule has 35 heavy (non-hydrogen) atoms. The average molecular weight is 496 g/mol. The maximum atomic E-state index is 11.2. The summed E-state index contributed by atoms with van der Waals surface area (Å²) in [6, 6.07) is 7.11. The molecule has 0 aliphatic carbocycles. The molecule has 0 amide bonds. The van der Waals surface area contributed by atoms with Crippen LogP contribution in [0.4, 0.5) is 0 Å². The zero-order valence-electron chi connectivity index (χ0n) is 18.9. The summed E-state index contributed by atoms with van der Waals surface area (Å²) in [6.45, 7) is -0.673. The van der Waals surface area contributed by atoms with Crippen LogP contribution in [0.5, 0.6) is 28.7 Å². The Morgan fingerprint density at radius 3 is 2.26 bits per heavy atom. The number of aliphatic hydroxyl groups excluding tert-OH is 5. The summed E-state index contributed by atoms with van der Waals surface area (Å²) in [5.74, 6) is -0.0168. The smallest absolute Gasteiger partial charge is 0.187 e. The fraction of sp³-hybridized carbons (Fsp3) is 0.478. The SMILES string of the molecule is COc1cc(O)c2c(c1)O[C@H](c1ccc(OC)c(O)c1)[C@@H](O[C@@H]1O[C@H](CO)[C@@H](O)[C@H](O)[C@H]1O)[C@@H]2O. The third-order valence-electron chi connectivity index (χ3n) is 6.16. The lowest BCUT2D eigenvalue weighted by molar-refractivity contribution is -0.325. The van der Waals surface area contributed by atoms with Gasteiger partial charge < -0.3 is 59.4 Å². The second kappa shape index (κ2) is 10.0. The van der Waals surface area contributed by atoms with Crippen molar-refractivity contribution >= 4 is 0 Å². The van der Waals surface area contributed by atoms with E-state index >= 15 is 0 Å². The second-order valence-electron chi connectivity index (χ2n) is 8.27. The number of hydrogen-bond donors (Lipinski definition) is 7. The highest BCUT2D eigenvalue weighted by atomic mass is 16.7. The largest absolute Gasteiger partial charge is 0.507 e. The zero-order chi connectivity index (χ0) is 25.4. The first-order valence-corrected chi connectivity index (χ1v) is 10.8. The van der Waals surface area contributed by atoms with Gasteiger partial charge in [-0.1, -0.05) is 6.07 Å². The van der Waals surface area contributed by atoms with E-state index < -0.39 is 55.6 Å². The minimum Gasteiger partial charge on any atom is -0.507 e. The van der Waals surface area contributed by atoms with Gasteiger partial charge in [0.1, 0.15) is 53.9 Å². The van der Waals surface area contributed by atoms with Gasteiger partial charge in [-0.2, -0.15) is 0 Å². The molecule has 2 aliphatic rings. The first-order chi connectivity index (χ1) is 16.7. The fourth-order valence-corrected chi connectivity index (χ4v) is 4.26. The molecule has 2 aromatic rings. The van der Waals surface area contributed by atoms with Gasteiger partial charge in [0.05, 0.1) is 26.4 Å². The topological polar surface area (TPSA) is 188 Å². The maximum absolute atomic E-state index is 11.2. The standard InChI is InChI=1S/C23H28O12/c1-31-10-6-12(26)16-14(7-10)33-21(9-3-4-13(32-2)11(25)5-9)22(18(16)28)35-23-20(30)19(29)17(27)15(8-24)34-23/h3-7,15,17-30H,8H2,1-2H3/t15-,17-,18-,19+,20-,21-,22+,23+/m1/s1. The molecule has 4 rings (SSSR count). The van der Waals surface area contributed by atoms with Crippen LogP contribution in [0.25, 0.3) is 0 Å². The quantitative estimate of drug-likeness (QED) is 0.271. The van der Waals surface area contributed by atoms with Gasteiger partial charge in [0.25, 0.3) is 0 Å². The Bertz CT molecular complexity index is 1040. The van der Waals surface area contributed by atoms with E-state index in [2.05, 4.69) is 0 Å². The van der Waals surface area contributed by atoms with Crippen LogP contribution in [0.3, 0.4) is 0 Å². The van der Waals surface area contributed by atoms with Crippen molar-refractivity contribution in [2.24, 2.45) is 0 Å². The van der Waals surface area contributed by atoms with Crippen LogP contribution in [-0.4, -0.2) is 93.4 Å². The van der Waals surface area contributed by atoms with Gasteiger partial charge >= 0.3 is 0 Å². The van der Waals surface area contributed by atoms with Gasteiger partial charge in [-0.05, 0) is 17.7 Å². The summed E-state index contributed by atoms with van der Waals surface area (Å²) < 4.78 is 27.6. The van der Waals surface area contributed by atoms with Crippen molar-refractivity contribution in [3.05, 3.63) is 41.5 Å². The summed E-state index contributed by atoms with van der Waals surface area (Å²) in [5, 5.41) is 72.1. The van der Waals surface area contributed by atoms with Crippen molar-refractivity contribution < 1.29 is 59.4 Å². The summed E-state index contributed by atoms with van der Waals surface area (Å²) >= 11 is 0. The molecule has 12 nitrogen and oxygen atoms in total. The molecule has 2 aliphatic heterocycles. The lowest BCUT2D eigenvalue weighted by Crippen LogP contribution is -2.60. The van der Waals surface area contributed by atoms with E-state index in [1.165, 1.54) is 38.5 Å². The number of phenolic OH excluding ortho intramolecular Hbond substituents is 2. The summed E-state index contributed by atoms with van der Waals surface area (Å²) in [4.78, 5) is 0. The molecule has 8 atom stereocenters. The molecule has 12 heteroatoms. The monoisotopic (exact) mass is 496 g/mol. The van der Waals surface area contributed by atoms with Gasteiger partial charge in [0.2, 0.25) is 0 Å². The Labute approximate surface area is 200 Å². The molecule has 1 saturated heterocycles. The van der Waals surface area contributed by atoms with Gasteiger partial charge in [0.15, 0.2) is 23.9 Å². The molecular formula is C23H28O12. The number of phenols is 2. The molecule has 0 aromatic heterocycles. The molecule has 0 unspecified atom stereocenters. The minimum absolute atomic E-state index is 0.0191. The van der Waals surface area contributed by atoms with Crippen LogP contribution in [0.15, 0.2) is 30.3 Å².